The number of carbonyl (C=O) groups is 1. The van der Waals surface area contributed by atoms with Gasteiger partial charge in [-0.25, -0.2) is 0 Å². The average Bonchev–Trinajstić information content (AvgIpc) is 2.75. The number of carbonyl (C=O) groups excluding carboxylic acids is 1. The van der Waals surface area contributed by atoms with Gasteiger partial charge < -0.3 is 0 Å². The molecule has 2 nitrogen and oxygen atoms in total. The molecule has 0 saturated carbocycles. The third kappa shape index (κ3) is 12.1. The molecule has 0 bridgehead atoms. The van der Waals surface area contributed by atoms with E-state index in [-0.39, 0.29) is 7.43 Å². The molecule has 0 heterocycles. The largest absolute Gasteiger partial charge is 0.298 e. The molecule has 0 aliphatic rings. The first-order valence-electron chi connectivity index (χ1n) is 8.01. The third-order valence-corrected chi connectivity index (χ3v) is 3.31. The molecule has 0 spiro atoms. The number of alkyl halides is 1. The molecule has 0 aliphatic heterocycles. The molecule has 0 unspecified atom stereocenters. The maximum Gasteiger partial charge on any atom is 0.150 e. The van der Waals surface area contributed by atoms with E-state index in [4.69, 9.17) is 5.26 Å². The number of halogens is 1. The maximum atomic E-state index is 10.0. The van der Waals surface area contributed by atoms with Crippen LogP contribution < -0.4 is 0 Å². The molecule has 3 heteroatoms. The molecule has 0 atom stereocenters. The van der Waals surface area contributed by atoms with Crippen molar-refractivity contribution in [2.24, 2.45) is 0 Å². The summed E-state index contributed by atoms with van der Waals surface area (Å²) < 4.78 is 0. The molecule has 138 valence electrons. The van der Waals surface area contributed by atoms with Gasteiger partial charge in [0.25, 0.3) is 0 Å². The van der Waals surface area contributed by atoms with Crippen LogP contribution in [0.5, 0.6) is 0 Å². The van der Waals surface area contributed by atoms with Gasteiger partial charge in [0.1, 0.15) is 6.29 Å². The second-order valence-corrected chi connectivity index (χ2v) is 5.54. The number of nitriles is 1. The van der Waals surface area contributed by atoms with Gasteiger partial charge in [-0.1, -0.05) is 127 Å². The van der Waals surface area contributed by atoms with E-state index in [1.165, 1.54) is 11.1 Å². The first kappa shape index (κ1) is 24.0. The fourth-order valence-corrected chi connectivity index (χ4v) is 1.85. The Bertz CT molecular complexity index is 753. The van der Waals surface area contributed by atoms with Crippen molar-refractivity contribution in [3.63, 3.8) is 0 Å². The van der Waals surface area contributed by atoms with Crippen molar-refractivity contribution in [2.45, 2.75) is 7.43 Å². The quantitative estimate of drug-likeness (QED) is 0.262. The van der Waals surface area contributed by atoms with E-state index in [0.29, 0.717) is 5.33 Å². The second kappa shape index (κ2) is 16.5. The van der Waals surface area contributed by atoms with Crippen LogP contribution in [0.1, 0.15) is 28.9 Å². The van der Waals surface area contributed by atoms with Gasteiger partial charge in [0.15, 0.2) is 0 Å². The molecule has 0 saturated heterocycles. The summed E-state index contributed by atoms with van der Waals surface area (Å²) in [5.41, 5.74) is 3.19. The lowest BCUT2D eigenvalue weighted by Gasteiger charge is -1.92. The predicted octanol–water partition coefficient (Wildman–Crippen LogP) is 6.90. The van der Waals surface area contributed by atoms with E-state index in [0.717, 1.165) is 11.8 Å². The molecule has 0 fully saturated rings. The van der Waals surface area contributed by atoms with E-state index >= 15 is 0 Å². The standard InChI is InChI=1S/C14H12.C7H6O.C2H2BrN.CH4/c1-3-7-13(8-4-1)11-12-14-9-5-2-6-10-14;8-6-7-4-2-1-3-5-7;3-1-2-4;/h1-12H;1-6H;1H2;1H4. The smallest absolute Gasteiger partial charge is 0.150 e. The Hall–Kier alpha value is -2.96. The summed E-state index contributed by atoms with van der Waals surface area (Å²) in [5, 5.41) is 8.02. The molecule has 3 aromatic rings. The predicted molar refractivity (Wildman–Crippen MR) is 120 cm³/mol. The van der Waals surface area contributed by atoms with Crippen LogP contribution in [0.4, 0.5) is 0 Å². The minimum absolute atomic E-state index is 0. The highest BCUT2D eigenvalue weighted by Crippen LogP contribution is 2.06. The fourth-order valence-electron chi connectivity index (χ4n) is 1.85. The highest BCUT2D eigenvalue weighted by Gasteiger charge is 1.84. The van der Waals surface area contributed by atoms with Crippen LogP contribution in [0.15, 0.2) is 91.0 Å². The van der Waals surface area contributed by atoms with E-state index in [1.807, 2.05) is 60.7 Å². The van der Waals surface area contributed by atoms with Crippen molar-refractivity contribution in [1.82, 2.24) is 0 Å². The minimum Gasteiger partial charge on any atom is -0.298 e. The monoisotopic (exact) mass is 421 g/mol. The third-order valence-electron chi connectivity index (χ3n) is 3.06. The lowest BCUT2D eigenvalue weighted by molar-refractivity contribution is 0.112. The summed E-state index contributed by atoms with van der Waals surface area (Å²) in [5.74, 6) is 0. The summed E-state index contributed by atoms with van der Waals surface area (Å²) in [4.78, 5) is 10.0. The molecule has 0 N–H and O–H groups in total. The summed E-state index contributed by atoms with van der Waals surface area (Å²) in [6.07, 6.45) is 5.07. The molecule has 3 rings (SSSR count). The van der Waals surface area contributed by atoms with Crippen LogP contribution in [0, 0.1) is 11.3 Å². The van der Waals surface area contributed by atoms with Crippen LogP contribution in [0.2, 0.25) is 0 Å². The maximum absolute atomic E-state index is 10.0. The lowest BCUT2D eigenvalue weighted by Crippen LogP contribution is -1.73. The zero-order valence-electron chi connectivity index (χ0n) is 14.3. The Morgan fingerprint density at radius 1 is 0.704 bits per heavy atom. The van der Waals surface area contributed by atoms with Gasteiger partial charge in [-0.05, 0) is 11.1 Å². The number of aldehydes is 1. The van der Waals surface area contributed by atoms with Gasteiger partial charge in [0.05, 0.1) is 11.4 Å². The summed E-state index contributed by atoms with van der Waals surface area (Å²) in [6, 6.07) is 31.6. The Morgan fingerprint density at radius 2 is 1.00 bits per heavy atom. The number of hydrogen-bond donors (Lipinski definition) is 0. The van der Waals surface area contributed by atoms with Gasteiger partial charge in [0, 0.05) is 5.56 Å². The molecule has 0 amide bonds. The average molecular weight is 422 g/mol. The van der Waals surface area contributed by atoms with Gasteiger partial charge in [-0.15, -0.1) is 0 Å². The first-order chi connectivity index (χ1) is 12.8. The SMILES string of the molecule is C.C(=Cc1ccccc1)c1ccccc1.N#CCBr.O=Cc1ccccc1. The molecule has 0 radical (unpaired) electrons. The molecule has 0 aliphatic carbocycles. The van der Waals surface area contributed by atoms with Crippen molar-refractivity contribution in [3.05, 3.63) is 108 Å². The number of rotatable bonds is 3. The molecule has 3 aromatic carbocycles. The molecule has 27 heavy (non-hydrogen) atoms. The van der Waals surface area contributed by atoms with Crippen LogP contribution in [-0.2, 0) is 0 Å². The first-order valence-corrected chi connectivity index (χ1v) is 9.13. The van der Waals surface area contributed by atoms with Crippen LogP contribution in [0.3, 0.4) is 0 Å². The Balaban J connectivity index is 0.000000443. The van der Waals surface area contributed by atoms with Crippen molar-refractivity contribution in [1.29, 1.82) is 5.26 Å². The van der Waals surface area contributed by atoms with Gasteiger partial charge in [-0.3, -0.25) is 4.79 Å². The second-order valence-electron chi connectivity index (χ2n) is 4.97. The number of benzene rings is 3. The van der Waals surface area contributed by atoms with Gasteiger partial charge in [0.2, 0.25) is 0 Å². The molecular weight excluding hydrogens is 398 g/mol. The molecule has 0 aromatic heterocycles. The normalized spacial score (nSPS) is 8.74. The van der Waals surface area contributed by atoms with Crippen molar-refractivity contribution in [2.75, 3.05) is 5.33 Å². The number of nitrogens with zero attached hydrogens (tertiary/aromatic N) is 1. The fraction of sp³-hybridized carbons (Fsp3) is 0.0833. The van der Waals surface area contributed by atoms with Crippen molar-refractivity contribution in [3.8, 4) is 6.07 Å². The summed E-state index contributed by atoms with van der Waals surface area (Å²) in [6.45, 7) is 0. The summed E-state index contributed by atoms with van der Waals surface area (Å²) >= 11 is 2.89. The highest BCUT2D eigenvalue weighted by molar-refractivity contribution is 9.09. The number of hydrogen-bond acceptors (Lipinski definition) is 2. The van der Waals surface area contributed by atoms with Gasteiger partial charge in [-0.2, -0.15) is 5.26 Å². The minimum atomic E-state index is 0. The van der Waals surface area contributed by atoms with E-state index in [1.54, 1.807) is 12.1 Å². The zero-order valence-corrected chi connectivity index (χ0v) is 15.9. The Morgan fingerprint density at radius 3 is 1.22 bits per heavy atom. The Labute approximate surface area is 170 Å². The highest BCUT2D eigenvalue weighted by atomic mass is 79.9. The van der Waals surface area contributed by atoms with E-state index in [2.05, 4.69) is 52.3 Å². The van der Waals surface area contributed by atoms with E-state index < -0.39 is 0 Å². The van der Waals surface area contributed by atoms with Crippen molar-refractivity contribution >= 4 is 34.4 Å². The topological polar surface area (TPSA) is 40.9 Å². The van der Waals surface area contributed by atoms with Crippen molar-refractivity contribution < 1.29 is 4.79 Å². The van der Waals surface area contributed by atoms with Crippen LogP contribution in [-0.4, -0.2) is 11.6 Å². The Kier molecular flexibility index (Phi) is 14.7. The van der Waals surface area contributed by atoms with Gasteiger partial charge >= 0.3 is 0 Å². The lowest BCUT2D eigenvalue weighted by atomic mass is 10.1. The zero-order chi connectivity index (χ0) is 18.9. The van der Waals surface area contributed by atoms with Crippen LogP contribution >= 0.6 is 15.9 Å². The van der Waals surface area contributed by atoms with E-state index in [9.17, 15) is 4.79 Å². The molecular formula is C24H24BrNO. The van der Waals surface area contributed by atoms with Crippen LogP contribution in [0.25, 0.3) is 12.2 Å². The summed E-state index contributed by atoms with van der Waals surface area (Å²) in [7, 11) is 0.